The molecule has 0 radical (unpaired) electrons. The van der Waals surface area contributed by atoms with E-state index in [-0.39, 0.29) is 11.7 Å². The first-order chi connectivity index (χ1) is 9.51. The molecule has 0 atom stereocenters. The summed E-state index contributed by atoms with van der Waals surface area (Å²) in [4.78, 5) is 16.1. The minimum Gasteiger partial charge on any atom is -0.494 e. The molecule has 2 aromatic rings. The van der Waals surface area contributed by atoms with Crippen LogP contribution in [0.2, 0.25) is 0 Å². The Labute approximate surface area is 124 Å². The standard InChI is InChI=1S/C14H12BrFN2O2/c1-8-5-13(17-7-10(8)15)18-14(19)9-3-4-11(16)12(6-9)20-2/h3-7H,1-2H3,(H,17,18,19). The Bertz CT molecular complexity index is 662. The molecule has 1 aromatic carbocycles. The number of hydrogen-bond acceptors (Lipinski definition) is 3. The van der Waals surface area contributed by atoms with Gasteiger partial charge in [0, 0.05) is 16.2 Å². The highest BCUT2D eigenvalue weighted by Crippen LogP contribution is 2.20. The van der Waals surface area contributed by atoms with Gasteiger partial charge >= 0.3 is 0 Å². The van der Waals surface area contributed by atoms with Crippen molar-refractivity contribution in [2.75, 3.05) is 12.4 Å². The molecular formula is C14H12BrFN2O2. The van der Waals surface area contributed by atoms with Crippen molar-refractivity contribution < 1.29 is 13.9 Å². The fourth-order valence-corrected chi connectivity index (χ4v) is 1.81. The largest absolute Gasteiger partial charge is 0.494 e. The van der Waals surface area contributed by atoms with Crippen molar-refractivity contribution in [3.63, 3.8) is 0 Å². The number of carbonyl (C=O) groups is 1. The molecule has 1 heterocycles. The van der Waals surface area contributed by atoms with Gasteiger partial charge in [-0.3, -0.25) is 4.79 Å². The molecule has 0 unspecified atom stereocenters. The zero-order chi connectivity index (χ0) is 14.7. The van der Waals surface area contributed by atoms with Crippen molar-refractivity contribution in [1.82, 2.24) is 4.98 Å². The van der Waals surface area contributed by atoms with Crippen molar-refractivity contribution >= 4 is 27.7 Å². The van der Waals surface area contributed by atoms with Crippen LogP contribution in [0.1, 0.15) is 15.9 Å². The molecule has 0 bridgehead atoms. The number of nitrogens with one attached hydrogen (secondary N) is 1. The van der Waals surface area contributed by atoms with Crippen LogP contribution in [0.5, 0.6) is 5.75 Å². The predicted molar refractivity (Wildman–Crippen MR) is 77.6 cm³/mol. The number of hydrogen-bond donors (Lipinski definition) is 1. The summed E-state index contributed by atoms with van der Waals surface area (Å²) in [5.41, 5.74) is 1.25. The third-order valence-corrected chi connectivity index (χ3v) is 3.53. The van der Waals surface area contributed by atoms with E-state index < -0.39 is 5.82 Å². The van der Waals surface area contributed by atoms with Gasteiger partial charge < -0.3 is 10.1 Å². The number of aromatic nitrogens is 1. The minimum atomic E-state index is -0.512. The number of amides is 1. The number of pyridine rings is 1. The second-order valence-corrected chi connectivity index (χ2v) is 4.98. The Hall–Kier alpha value is -1.95. The molecular weight excluding hydrogens is 327 g/mol. The molecule has 0 fully saturated rings. The SMILES string of the molecule is COc1cc(C(=O)Nc2cc(C)c(Br)cn2)ccc1F. The molecule has 6 heteroatoms. The van der Waals surface area contributed by atoms with Gasteiger partial charge in [-0.05, 0) is 52.7 Å². The van der Waals surface area contributed by atoms with Gasteiger partial charge in [0.05, 0.1) is 7.11 Å². The van der Waals surface area contributed by atoms with E-state index in [2.05, 4.69) is 26.2 Å². The maximum absolute atomic E-state index is 13.3. The van der Waals surface area contributed by atoms with E-state index in [1.165, 1.54) is 25.3 Å². The van der Waals surface area contributed by atoms with Crippen LogP contribution in [0.3, 0.4) is 0 Å². The average molecular weight is 339 g/mol. The van der Waals surface area contributed by atoms with Gasteiger partial charge in [0.1, 0.15) is 5.82 Å². The summed E-state index contributed by atoms with van der Waals surface area (Å²) >= 11 is 3.33. The van der Waals surface area contributed by atoms with E-state index in [1.54, 1.807) is 12.3 Å². The van der Waals surface area contributed by atoms with Gasteiger partial charge in [-0.15, -0.1) is 0 Å². The monoisotopic (exact) mass is 338 g/mol. The fourth-order valence-electron chi connectivity index (χ4n) is 1.60. The Morgan fingerprint density at radius 1 is 1.40 bits per heavy atom. The van der Waals surface area contributed by atoms with Crippen LogP contribution in [-0.2, 0) is 0 Å². The van der Waals surface area contributed by atoms with Gasteiger partial charge in [-0.25, -0.2) is 9.37 Å². The predicted octanol–water partition coefficient (Wildman–Crippen LogP) is 3.55. The Morgan fingerprint density at radius 2 is 2.15 bits per heavy atom. The highest BCUT2D eigenvalue weighted by atomic mass is 79.9. The molecule has 0 aliphatic rings. The van der Waals surface area contributed by atoms with Gasteiger partial charge in [-0.1, -0.05) is 0 Å². The number of carbonyl (C=O) groups excluding carboxylic acids is 1. The molecule has 0 aliphatic heterocycles. The first kappa shape index (κ1) is 14.5. The summed E-state index contributed by atoms with van der Waals surface area (Å²) in [6.07, 6.45) is 1.61. The quantitative estimate of drug-likeness (QED) is 0.930. The average Bonchev–Trinajstić information content (AvgIpc) is 2.43. The third-order valence-electron chi connectivity index (χ3n) is 2.70. The first-order valence-corrected chi connectivity index (χ1v) is 6.57. The Morgan fingerprint density at radius 3 is 2.80 bits per heavy atom. The number of aryl methyl sites for hydroxylation is 1. The minimum absolute atomic E-state index is 0.0256. The number of halogens is 2. The molecule has 0 saturated carbocycles. The van der Waals surface area contributed by atoms with Crippen LogP contribution < -0.4 is 10.1 Å². The molecule has 2 rings (SSSR count). The van der Waals surface area contributed by atoms with Gasteiger partial charge in [-0.2, -0.15) is 0 Å². The second-order valence-electron chi connectivity index (χ2n) is 4.12. The van der Waals surface area contributed by atoms with Crippen LogP contribution in [0.25, 0.3) is 0 Å². The van der Waals surface area contributed by atoms with E-state index in [0.717, 1.165) is 10.0 Å². The smallest absolute Gasteiger partial charge is 0.256 e. The lowest BCUT2D eigenvalue weighted by molar-refractivity contribution is 0.102. The molecule has 1 aromatic heterocycles. The lowest BCUT2D eigenvalue weighted by atomic mass is 10.2. The number of nitrogens with zero attached hydrogens (tertiary/aromatic N) is 1. The van der Waals surface area contributed by atoms with E-state index in [4.69, 9.17) is 4.74 Å². The lowest BCUT2D eigenvalue weighted by Crippen LogP contribution is -2.13. The molecule has 0 saturated heterocycles. The molecule has 0 aliphatic carbocycles. The normalized spacial score (nSPS) is 10.2. The van der Waals surface area contributed by atoms with Crippen molar-refractivity contribution in [3.8, 4) is 5.75 Å². The van der Waals surface area contributed by atoms with Gasteiger partial charge in [0.2, 0.25) is 0 Å². The summed E-state index contributed by atoms with van der Waals surface area (Å²) in [5, 5.41) is 2.65. The Kier molecular flexibility index (Phi) is 4.34. The van der Waals surface area contributed by atoms with Crippen molar-refractivity contribution in [2.24, 2.45) is 0 Å². The number of rotatable bonds is 3. The van der Waals surface area contributed by atoms with Crippen LogP contribution in [0.4, 0.5) is 10.2 Å². The van der Waals surface area contributed by atoms with E-state index in [1.807, 2.05) is 6.92 Å². The lowest BCUT2D eigenvalue weighted by Gasteiger charge is -2.08. The van der Waals surface area contributed by atoms with Gasteiger partial charge in [0.15, 0.2) is 11.6 Å². The number of benzene rings is 1. The molecule has 4 nitrogen and oxygen atoms in total. The van der Waals surface area contributed by atoms with Crippen molar-refractivity contribution in [3.05, 3.63) is 51.9 Å². The van der Waals surface area contributed by atoms with Crippen molar-refractivity contribution in [1.29, 1.82) is 0 Å². The summed E-state index contributed by atoms with van der Waals surface area (Å²) < 4.78 is 19.0. The zero-order valence-electron chi connectivity index (χ0n) is 10.9. The summed E-state index contributed by atoms with van der Waals surface area (Å²) in [6, 6.07) is 5.66. The van der Waals surface area contributed by atoms with Crippen LogP contribution in [0, 0.1) is 12.7 Å². The van der Waals surface area contributed by atoms with Gasteiger partial charge in [0.25, 0.3) is 5.91 Å². The maximum Gasteiger partial charge on any atom is 0.256 e. The molecule has 20 heavy (non-hydrogen) atoms. The Balaban J connectivity index is 2.21. The second kappa shape index (κ2) is 6.00. The van der Waals surface area contributed by atoms with Crippen LogP contribution in [-0.4, -0.2) is 18.0 Å². The molecule has 1 N–H and O–H groups in total. The number of methoxy groups -OCH3 is 1. The molecule has 0 spiro atoms. The van der Waals surface area contributed by atoms with Crippen molar-refractivity contribution in [2.45, 2.75) is 6.92 Å². The highest BCUT2D eigenvalue weighted by Gasteiger charge is 2.11. The first-order valence-electron chi connectivity index (χ1n) is 5.78. The third kappa shape index (κ3) is 3.14. The van der Waals surface area contributed by atoms with E-state index in [9.17, 15) is 9.18 Å². The van der Waals surface area contributed by atoms with Crippen LogP contribution in [0.15, 0.2) is 34.9 Å². The molecule has 104 valence electrons. The number of ether oxygens (including phenoxy) is 1. The zero-order valence-corrected chi connectivity index (χ0v) is 12.5. The highest BCUT2D eigenvalue weighted by molar-refractivity contribution is 9.10. The summed E-state index contributed by atoms with van der Waals surface area (Å²) in [7, 11) is 1.35. The summed E-state index contributed by atoms with van der Waals surface area (Å²) in [6.45, 7) is 1.89. The summed E-state index contributed by atoms with van der Waals surface area (Å²) in [5.74, 6) is -0.434. The van der Waals surface area contributed by atoms with Crippen LogP contribution >= 0.6 is 15.9 Å². The fraction of sp³-hybridized carbons (Fsp3) is 0.143. The maximum atomic E-state index is 13.3. The van der Waals surface area contributed by atoms with E-state index in [0.29, 0.717) is 11.4 Å². The molecule has 1 amide bonds. The number of anilines is 1. The van der Waals surface area contributed by atoms with E-state index >= 15 is 0 Å². The topological polar surface area (TPSA) is 51.2 Å².